The van der Waals surface area contributed by atoms with Gasteiger partial charge in [0, 0.05) is 37.1 Å². The highest BCUT2D eigenvalue weighted by Gasteiger charge is 2.31. The van der Waals surface area contributed by atoms with Crippen LogP contribution in [0.25, 0.3) is 10.9 Å². The van der Waals surface area contributed by atoms with Crippen molar-refractivity contribution in [1.29, 1.82) is 0 Å². The lowest BCUT2D eigenvalue weighted by molar-refractivity contribution is 0.400. The Balaban J connectivity index is 1.79. The number of hydrogen-bond acceptors (Lipinski definition) is 3. The molecule has 0 unspecified atom stereocenters. The summed E-state index contributed by atoms with van der Waals surface area (Å²) in [4.78, 5) is 6.93. The number of pyridine rings is 1. The van der Waals surface area contributed by atoms with Gasteiger partial charge >= 0.3 is 10.2 Å². The number of rotatable bonds is 2. The molecule has 9 heteroatoms. The van der Waals surface area contributed by atoms with Gasteiger partial charge in [0.25, 0.3) is 0 Å². The molecule has 24 heavy (non-hydrogen) atoms. The van der Waals surface area contributed by atoms with Gasteiger partial charge in [-0.2, -0.15) is 12.7 Å². The van der Waals surface area contributed by atoms with Crippen LogP contribution < -0.4 is 4.72 Å². The number of nitrogens with one attached hydrogen (secondary N) is 2. The minimum absolute atomic E-state index is 0.222. The van der Waals surface area contributed by atoms with Crippen LogP contribution in [0, 0.1) is 0 Å². The molecule has 0 bridgehead atoms. The first-order valence-corrected chi connectivity index (χ1v) is 9.30. The molecule has 0 aliphatic carbocycles. The van der Waals surface area contributed by atoms with Gasteiger partial charge < -0.3 is 4.98 Å². The first-order valence-electron chi connectivity index (χ1n) is 7.10. The van der Waals surface area contributed by atoms with Gasteiger partial charge in [-0.25, -0.2) is 0 Å². The third-order valence-electron chi connectivity index (χ3n) is 3.97. The van der Waals surface area contributed by atoms with E-state index in [1.807, 2.05) is 0 Å². The van der Waals surface area contributed by atoms with Gasteiger partial charge in [0.2, 0.25) is 0 Å². The van der Waals surface area contributed by atoms with Gasteiger partial charge in [0.05, 0.1) is 21.2 Å². The number of halogens is 2. The van der Waals surface area contributed by atoms with E-state index in [0.29, 0.717) is 26.6 Å². The highest BCUT2D eigenvalue weighted by molar-refractivity contribution is 7.90. The van der Waals surface area contributed by atoms with Gasteiger partial charge in [0.1, 0.15) is 0 Å². The van der Waals surface area contributed by atoms with Crippen molar-refractivity contribution in [3.63, 3.8) is 0 Å². The van der Waals surface area contributed by atoms with E-state index in [0.717, 1.165) is 11.1 Å². The molecule has 0 fully saturated rings. The van der Waals surface area contributed by atoms with Crippen molar-refractivity contribution in [2.75, 3.05) is 4.72 Å². The Morgan fingerprint density at radius 3 is 2.71 bits per heavy atom. The highest BCUT2D eigenvalue weighted by Crippen LogP contribution is 2.40. The lowest BCUT2D eigenvalue weighted by Gasteiger charge is -2.29. The van der Waals surface area contributed by atoms with Gasteiger partial charge in [-0.1, -0.05) is 23.2 Å². The average molecular weight is 383 g/mol. The van der Waals surface area contributed by atoms with Crippen LogP contribution in [-0.4, -0.2) is 22.7 Å². The Morgan fingerprint density at radius 1 is 1.21 bits per heavy atom. The second kappa shape index (κ2) is 5.63. The molecule has 0 saturated carbocycles. The SMILES string of the molecule is O=S1(=O)Nc2c(cc(Cl)c3c(Cl)c[nH]c23)CN1Cc1ccncc1. The molecular weight excluding hydrogens is 371 g/mol. The zero-order valence-electron chi connectivity index (χ0n) is 12.3. The number of benzene rings is 1. The van der Waals surface area contributed by atoms with E-state index in [4.69, 9.17) is 23.2 Å². The zero-order valence-corrected chi connectivity index (χ0v) is 14.6. The van der Waals surface area contributed by atoms with Crippen LogP contribution in [0.4, 0.5) is 5.69 Å². The number of hydrogen-bond donors (Lipinski definition) is 2. The van der Waals surface area contributed by atoms with Crippen LogP contribution in [0.3, 0.4) is 0 Å². The summed E-state index contributed by atoms with van der Waals surface area (Å²) in [5.74, 6) is 0. The van der Waals surface area contributed by atoms with Crippen molar-refractivity contribution in [2.45, 2.75) is 13.1 Å². The van der Waals surface area contributed by atoms with Gasteiger partial charge in [0.15, 0.2) is 0 Å². The van der Waals surface area contributed by atoms with Gasteiger partial charge in [-0.15, -0.1) is 0 Å². The number of aromatic nitrogens is 2. The number of H-pyrrole nitrogens is 1. The van der Waals surface area contributed by atoms with Crippen LogP contribution in [0.1, 0.15) is 11.1 Å². The maximum Gasteiger partial charge on any atom is 0.302 e. The highest BCUT2D eigenvalue weighted by atomic mass is 35.5. The zero-order chi connectivity index (χ0) is 16.9. The fraction of sp³-hybridized carbons (Fsp3) is 0.133. The van der Waals surface area contributed by atoms with Crippen LogP contribution in [0.5, 0.6) is 0 Å². The number of fused-ring (bicyclic) bond motifs is 3. The van der Waals surface area contributed by atoms with Crippen molar-refractivity contribution in [2.24, 2.45) is 0 Å². The Hall–Kier alpha value is -1.80. The Kier molecular flexibility index (Phi) is 3.69. The largest absolute Gasteiger partial charge is 0.358 e. The molecule has 0 spiro atoms. The molecular formula is C15H12Cl2N4O2S. The predicted molar refractivity (Wildman–Crippen MR) is 94.3 cm³/mol. The van der Waals surface area contributed by atoms with E-state index < -0.39 is 10.2 Å². The summed E-state index contributed by atoms with van der Waals surface area (Å²) in [6.07, 6.45) is 4.86. The van der Waals surface area contributed by atoms with E-state index in [2.05, 4.69) is 14.7 Å². The van der Waals surface area contributed by atoms with E-state index in [-0.39, 0.29) is 13.1 Å². The lowest BCUT2D eigenvalue weighted by atomic mass is 10.1. The fourth-order valence-electron chi connectivity index (χ4n) is 2.83. The maximum absolute atomic E-state index is 12.6. The standard InChI is InChI=1S/C15H12Cl2N4O2S/c16-11-5-10-8-21(7-9-1-3-18-4-2-9)24(22,23)20-14(10)15-13(11)12(17)6-19-15/h1-6,19-20H,7-8H2. The fourth-order valence-corrected chi connectivity index (χ4v) is 4.71. The van der Waals surface area contributed by atoms with Crippen molar-refractivity contribution in [1.82, 2.24) is 14.3 Å². The third kappa shape index (κ3) is 2.53. The molecule has 4 rings (SSSR count). The molecule has 0 atom stereocenters. The molecule has 1 aliphatic rings. The molecule has 3 aromatic rings. The molecule has 0 amide bonds. The molecule has 3 heterocycles. The Morgan fingerprint density at radius 2 is 1.96 bits per heavy atom. The third-order valence-corrected chi connectivity index (χ3v) is 5.97. The van der Waals surface area contributed by atoms with E-state index >= 15 is 0 Å². The Bertz CT molecular complexity index is 1030. The van der Waals surface area contributed by atoms with Gasteiger partial charge in [-0.3, -0.25) is 9.71 Å². The summed E-state index contributed by atoms with van der Waals surface area (Å²) in [6.45, 7) is 0.470. The summed E-state index contributed by atoms with van der Waals surface area (Å²) in [6, 6.07) is 5.32. The Labute approximate surface area is 148 Å². The van der Waals surface area contributed by atoms with Crippen molar-refractivity contribution in [3.8, 4) is 0 Å². The lowest BCUT2D eigenvalue weighted by Crippen LogP contribution is -2.39. The second-order valence-electron chi connectivity index (χ2n) is 5.51. The minimum atomic E-state index is -3.67. The van der Waals surface area contributed by atoms with Crippen molar-refractivity contribution in [3.05, 3.63) is 58.0 Å². The maximum atomic E-state index is 12.6. The van der Waals surface area contributed by atoms with Crippen LogP contribution in [0.2, 0.25) is 10.0 Å². The minimum Gasteiger partial charge on any atom is -0.358 e. The molecule has 2 N–H and O–H groups in total. The number of anilines is 1. The smallest absolute Gasteiger partial charge is 0.302 e. The van der Waals surface area contributed by atoms with E-state index in [9.17, 15) is 8.42 Å². The van der Waals surface area contributed by atoms with E-state index in [1.54, 1.807) is 36.8 Å². The summed E-state index contributed by atoms with van der Waals surface area (Å²) < 4.78 is 29.2. The average Bonchev–Trinajstić information content (AvgIpc) is 2.93. The normalized spacial score (nSPS) is 16.8. The van der Waals surface area contributed by atoms with Crippen molar-refractivity contribution < 1.29 is 8.42 Å². The number of aromatic amines is 1. The molecule has 0 saturated heterocycles. The van der Waals surface area contributed by atoms with Crippen molar-refractivity contribution >= 4 is 50.0 Å². The summed E-state index contributed by atoms with van der Waals surface area (Å²) in [7, 11) is -3.67. The molecule has 124 valence electrons. The second-order valence-corrected chi connectivity index (χ2v) is 7.99. The monoisotopic (exact) mass is 382 g/mol. The van der Waals surface area contributed by atoms with E-state index in [1.165, 1.54) is 4.31 Å². The topological polar surface area (TPSA) is 78.1 Å². The molecule has 2 aromatic heterocycles. The van der Waals surface area contributed by atoms with Gasteiger partial charge in [-0.05, 0) is 29.3 Å². The predicted octanol–water partition coefficient (Wildman–Crippen LogP) is 3.54. The number of nitrogens with zero attached hydrogens (tertiary/aromatic N) is 2. The quantitative estimate of drug-likeness (QED) is 0.711. The van der Waals surface area contributed by atoms with Crippen LogP contribution >= 0.6 is 23.2 Å². The van der Waals surface area contributed by atoms with Crippen LogP contribution in [0.15, 0.2) is 36.8 Å². The molecule has 6 nitrogen and oxygen atoms in total. The molecule has 1 aliphatic heterocycles. The molecule has 1 aromatic carbocycles. The molecule has 0 radical (unpaired) electrons. The van der Waals surface area contributed by atoms with Crippen LogP contribution in [-0.2, 0) is 23.3 Å². The summed E-state index contributed by atoms with van der Waals surface area (Å²) in [5.41, 5.74) is 2.73. The summed E-state index contributed by atoms with van der Waals surface area (Å²) >= 11 is 12.4. The first kappa shape index (κ1) is 15.7. The first-order chi connectivity index (χ1) is 11.5. The summed E-state index contributed by atoms with van der Waals surface area (Å²) in [5, 5.41) is 1.55.